The maximum Gasteiger partial charge on any atom is 0.336 e. The number of hydrogen-bond donors (Lipinski definition) is 1. The minimum atomic E-state index is -0.801. The van der Waals surface area contributed by atoms with Crippen LogP contribution in [0.25, 0.3) is 11.0 Å². The van der Waals surface area contributed by atoms with Crippen LogP contribution in [-0.4, -0.2) is 30.3 Å². The number of alkyl halides is 1. The van der Waals surface area contributed by atoms with E-state index in [0.717, 1.165) is 0 Å². The van der Waals surface area contributed by atoms with Crippen molar-refractivity contribution in [3.63, 3.8) is 0 Å². The van der Waals surface area contributed by atoms with Crippen molar-refractivity contribution in [2.75, 3.05) is 14.2 Å². The van der Waals surface area contributed by atoms with E-state index in [4.69, 9.17) is 25.5 Å². The highest BCUT2D eigenvalue weighted by Gasteiger charge is 2.28. The summed E-state index contributed by atoms with van der Waals surface area (Å²) in [5.41, 5.74) is 0.587. The molecule has 120 valence electrons. The molecular formula is C16H19ClO5. The average molecular weight is 327 g/mol. The zero-order valence-corrected chi connectivity index (χ0v) is 13.7. The molecule has 1 heterocycles. The van der Waals surface area contributed by atoms with Crippen LogP contribution >= 0.6 is 11.6 Å². The third-order valence-electron chi connectivity index (χ3n) is 3.55. The predicted octanol–water partition coefficient (Wildman–Crippen LogP) is 2.73. The molecule has 0 fully saturated rings. The Morgan fingerprint density at radius 1 is 1.32 bits per heavy atom. The first-order valence-corrected chi connectivity index (χ1v) is 7.20. The van der Waals surface area contributed by atoms with Crippen molar-refractivity contribution in [2.24, 2.45) is 0 Å². The summed E-state index contributed by atoms with van der Waals surface area (Å²) in [4.78, 5) is 10.6. The number of fused-ring (bicyclic) bond motifs is 1. The topological polar surface area (TPSA) is 68.9 Å². The van der Waals surface area contributed by atoms with E-state index < -0.39 is 16.6 Å². The molecule has 1 aromatic carbocycles. The van der Waals surface area contributed by atoms with Gasteiger partial charge < -0.3 is 19.0 Å². The summed E-state index contributed by atoms with van der Waals surface area (Å²) in [5, 5.41) is 10.9. The van der Waals surface area contributed by atoms with E-state index in [1.54, 1.807) is 26.0 Å². The zero-order valence-electron chi connectivity index (χ0n) is 13.0. The van der Waals surface area contributed by atoms with Gasteiger partial charge in [-0.25, -0.2) is 4.79 Å². The van der Waals surface area contributed by atoms with Crippen molar-refractivity contribution in [2.45, 2.75) is 31.2 Å². The molecule has 0 unspecified atom stereocenters. The first kappa shape index (κ1) is 16.6. The molecule has 0 aliphatic rings. The molecule has 0 spiro atoms. The molecule has 6 heteroatoms. The Labute approximate surface area is 133 Å². The van der Waals surface area contributed by atoms with Crippen molar-refractivity contribution < 1.29 is 19.0 Å². The van der Waals surface area contributed by atoms with Crippen LogP contribution in [0, 0.1) is 0 Å². The molecule has 0 amide bonds. The Morgan fingerprint density at radius 3 is 2.55 bits per heavy atom. The fourth-order valence-corrected chi connectivity index (χ4v) is 2.33. The van der Waals surface area contributed by atoms with E-state index >= 15 is 0 Å². The highest BCUT2D eigenvalue weighted by atomic mass is 35.5. The molecule has 0 aliphatic carbocycles. The molecule has 22 heavy (non-hydrogen) atoms. The minimum Gasteiger partial charge on any atom is -0.496 e. The second-order valence-electron chi connectivity index (χ2n) is 5.54. The van der Waals surface area contributed by atoms with Crippen molar-refractivity contribution in [3.8, 4) is 11.5 Å². The van der Waals surface area contributed by atoms with Crippen LogP contribution in [-0.2, 0) is 6.42 Å². The van der Waals surface area contributed by atoms with E-state index in [1.165, 1.54) is 20.3 Å². The van der Waals surface area contributed by atoms with Crippen LogP contribution in [0.4, 0.5) is 0 Å². The Morgan fingerprint density at radius 2 is 2.00 bits per heavy atom. The first-order chi connectivity index (χ1) is 10.3. The highest BCUT2D eigenvalue weighted by Crippen LogP contribution is 2.38. The smallest absolute Gasteiger partial charge is 0.336 e. The quantitative estimate of drug-likeness (QED) is 0.676. The molecule has 0 aliphatic heterocycles. The van der Waals surface area contributed by atoms with Gasteiger partial charge in [-0.1, -0.05) is 0 Å². The van der Waals surface area contributed by atoms with Gasteiger partial charge in [0.25, 0.3) is 0 Å². The Bertz CT molecular complexity index is 730. The van der Waals surface area contributed by atoms with Crippen molar-refractivity contribution in [1.82, 2.24) is 0 Å². The summed E-state index contributed by atoms with van der Waals surface area (Å²) in [6.07, 6.45) is -0.553. The number of aliphatic hydroxyl groups is 1. The molecule has 2 rings (SSSR count). The fraction of sp³-hybridized carbons (Fsp3) is 0.438. The summed E-state index contributed by atoms with van der Waals surface area (Å²) in [6, 6.07) is 4.56. The number of rotatable bonds is 5. The molecule has 5 nitrogen and oxygen atoms in total. The van der Waals surface area contributed by atoms with E-state index in [1.807, 2.05) is 0 Å². The lowest BCUT2D eigenvalue weighted by molar-refractivity contribution is 0.137. The highest BCUT2D eigenvalue weighted by molar-refractivity contribution is 6.23. The largest absolute Gasteiger partial charge is 0.496 e. The molecule has 1 atom stereocenters. The van der Waals surface area contributed by atoms with Gasteiger partial charge in [0.1, 0.15) is 17.1 Å². The maximum absolute atomic E-state index is 11.4. The van der Waals surface area contributed by atoms with Gasteiger partial charge in [-0.05, 0) is 19.9 Å². The second-order valence-corrected chi connectivity index (χ2v) is 6.52. The van der Waals surface area contributed by atoms with Crippen LogP contribution in [0.5, 0.6) is 11.5 Å². The number of methoxy groups -OCH3 is 2. The normalized spacial score (nSPS) is 13.2. The van der Waals surface area contributed by atoms with Crippen molar-refractivity contribution >= 4 is 22.6 Å². The second kappa shape index (κ2) is 6.18. The molecule has 0 saturated carbocycles. The lowest BCUT2D eigenvalue weighted by Crippen LogP contribution is -2.32. The molecule has 0 saturated heterocycles. The maximum atomic E-state index is 11.4. The van der Waals surface area contributed by atoms with E-state index in [-0.39, 0.29) is 6.42 Å². The van der Waals surface area contributed by atoms with Gasteiger partial charge in [0.15, 0.2) is 0 Å². The predicted molar refractivity (Wildman–Crippen MR) is 85.2 cm³/mol. The Hall–Kier alpha value is -1.72. The average Bonchev–Trinajstić information content (AvgIpc) is 2.45. The van der Waals surface area contributed by atoms with Crippen LogP contribution in [0.1, 0.15) is 19.4 Å². The lowest BCUT2D eigenvalue weighted by atomic mass is 9.96. The number of aliphatic hydroxyl groups excluding tert-OH is 1. The van der Waals surface area contributed by atoms with Gasteiger partial charge >= 0.3 is 5.63 Å². The molecular weight excluding hydrogens is 308 g/mol. The Balaban J connectivity index is 2.66. The third kappa shape index (κ3) is 3.20. The van der Waals surface area contributed by atoms with Crippen LogP contribution in [0.2, 0.25) is 0 Å². The van der Waals surface area contributed by atoms with Gasteiger partial charge in [-0.15, -0.1) is 11.6 Å². The van der Waals surface area contributed by atoms with E-state index in [0.29, 0.717) is 28.0 Å². The number of ether oxygens (including phenoxy) is 2. The summed E-state index contributed by atoms with van der Waals surface area (Å²) >= 11 is 6.17. The van der Waals surface area contributed by atoms with E-state index in [9.17, 15) is 9.90 Å². The molecule has 1 aromatic heterocycles. The van der Waals surface area contributed by atoms with E-state index in [2.05, 4.69) is 0 Å². The number of halogens is 1. The van der Waals surface area contributed by atoms with Gasteiger partial charge in [-0.2, -0.15) is 0 Å². The molecule has 1 N–H and O–H groups in total. The SMILES string of the molecule is COc1cc2oc(=O)ccc2c(OC)c1C[C@@H](O)C(C)(C)Cl. The summed E-state index contributed by atoms with van der Waals surface area (Å²) in [6.45, 7) is 3.47. The van der Waals surface area contributed by atoms with Gasteiger partial charge in [0.2, 0.25) is 0 Å². The summed E-state index contributed by atoms with van der Waals surface area (Å²) in [7, 11) is 3.02. The fourth-order valence-electron chi connectivity index (χ4n) is 2.25. The van der Waals surface area contributed by atoms with Gasteiger partial charge in [0, 0.05) is 24.1 Å². The zero-order chi connectivity index (χ0) is 16.5. The third-order valence-corrected chi connectivity index (χ3v) is 3.81. The molecule has 2 aromatic rings. The first-order valence-electron chi connectivity index (χ1n) is 6.82. The minimum absolute atomic E-state index is 0.248. The molecule has 0 bridgehead atoms. The molecule has 0 radical (unpaired) electrons. The van der Waals surface area contributed by atoms with Crippen LogP contribution < -0.4 is 15.1 Å². The van der Waals surface area contributed by atoms with Crippen molar-refractivity contribution in [1.29, 1.82) is 0 Å². The number of hydrogen-bond acceptors (Lipinski definition) is 5. The van der Waals surface area contributed by atoms with Gasteiger partial charge in [0.05, 0.1) is 30.6 Å². The lowest BCUT2D eigenvalue weighted by Gasteiger charge is -2.25. The number of benzene rings is 1. The standard InChI is InChI=1S/C16H19ClO5/c1-16(2,17)13(18)7-10-11(20-3)8-12-9(15(10)21-4)5-6-14(19)22-12/h5-6,8,13,18H,7H2,1-4H3/t13-/m1/s1. The van der Waals surface area contributed by atoms with Crippen LogP contribution in [0.3, 0.4) is 0 Å². The summed E-state index contributed by atoms with van der Waals surface area (Å²) < 4.78 is 16.0. The van der Waals surface area contributed by atoms with Crippen LogP contribution in [0.15, 0.2) is 27.4 Å². The Kier molecular flexibility index (Phi) is 4.68. The van der Waals surface area contributed by atoms with Crippen molar-refractivity contribution in [3.05, 3.63) is 34.2 Å². The van der Waals surface area contributed by atoms with Gasteiger partial charge in [-0.3, -0.25) is 0 Å². The monoisotopic (exact) mass is 326 g/mol. The summed E-state index contributed by atoms with van der Waals surface area (Å²) in [5.74, 6) is 0.969.